The van der Waals surface area contributed by atoms with Gasteiger partial charge in [0.05, 0.1) is 18.7 Å². The van der Waals surface area contributed by atoms with Crippen LogP contribution in [0.1, 0.15) is 55.2 Å². The highest BCUT2D eigenvalue weighted by Crippen LogP contribution is 2.51. The minimum atomic E-state index is -0.367. The normalized spacial score (nSPS) is 24.2. The third-order valence-electron chi connectivity index (χ3n) is 11.3. The smallest absolute Gasteiger partial charge is 0.407 e. The number of rotatable bonds is 11. The Labute approximate surface area is 274 Å². The first-order chi connectivity index (χ1) is 22.3. The number of likely N-dealkylation sites (tertiary alicyclic amines) is 2. The van der Waals surface area contributed by atoms with Gasteiger partial charge in [-0.15, -0.1) is 0 Å². The van der Waals surface area contributed by atoms with Gasteiger partial charge in [0, 0.05) is 55.8 Å². The molecule has 4 aliphatic rings. The van der Waals surface area contributed by atoms with Crippen molar-refractivity contribution in [2.75, 3.05) is 78.5 Å². The van der Waals surface area contributed by atoms with Crippen molar-refractivity contribution in [3.8, 4) is 6.07 Å². The zero-order valence-electron chi connectivity index (χ0n) is 27.9. The highest BCUT2D eigenvalue weighted by atomic mass is 19.1. The maximum absolute atomic E-state index is 14.9. The molecule has 46 heavy (non-hydrogen) atoms. The zero-order valence-corrected chi connectivity index (χ0v) is 27.9. The van der Waals surface area contributed by atoms with E-state index in [-0.39, 0.29) is 29.3 Å². The molecule has 9 heteroatoms. The first-order valence-corrected chi connectivity index (χ1v) is 17.3. The standard InChI is InChI=1S/C37H51FN6O2/c1-41(2)25-29-19-33(12-11-28(29)21-39)44-23-27(24-44)22-42-17-13-30(14-18-42)37(26-43-15-6-16-43,31-7-4-8-32(38)20-31)34-9-5-10-35(34)40-36(45)46-3/h4,7-8,11-12,19-20,27,30,34-35H,5-6,9-10,13-18,22-26H2,1-3H3,(H,40,45)/t34-,35-,37?/m0/s1. The Morgan fingerprint density at radius 3 is 2.48 bits per heavy atom. The molecule has 1 aliphatic carbocycles. The predicted molar refractivity (Wildman–Crippen MR) is 179 cm³/mol. The molecule has 248 valence electrons. The second-order valence-electron chi connectivity index (χ2n) is 14.5. The van der Waals surface area contributed by atoms with Crippen molar-refractivity contribution < 1.29 is 13.9 Å². The van der Waals surface area contributed by atoms with Crippen LogP contribution < -0.4 is 10.2 Å². The quantitative estimate of drug-likeness (QED) is 0.372. The second-order valence-corrected chi connectivity index (χ2v) is 14.5. The van der Waals surface area contributed by atoms with Gasteiger partial charge >= 0.3 is 6.09 Å². The number of nitriles is 1. The van der Waals surface area contributed by atoms with E-state index in [0.29, 0.717) is 11.8 Å². The molecular weight excluding hydrogens is 579 g/mol. The summed E-state index contributed by atoms with van der Waals surface area (Å²) in [6, 6.07) is 16.0. The van der Waals surface area contributed by atoms with E-state index in [1.54, 1.807) is 12.1 Å². The molecule has 0 spiro atoms. The van der Waals surface area contributed by atoms with Gasteiger partial charge in [0.2, 0.25) is 0 Å². The van der Waals surface area contributed by atoms with E-state index >= 15 is 0 Å². The number of ether oxygens (including phenoxy) is 1. The second kappa shape index (κ2) is 14.3. The summed E-state index contributed by atoms with van der Waals surface area (Å²) in [6.07, 6.45) is 6.02. The predicted octanol–water partition coefficient (Wildman–Crippen LogP) is 5.08. The molecule has 3 heterocycles. The summed E-state index contributed by atoms with van der Waals surface area (Å²) in [5.41, 5.74) is 3.92. The largest absolute Gasteiger partial charge is 0.453 e. The van der Waals surface area contributed by atoms with Crippen LogP contribution in [0.2, 0.25) is 0 Å². The van der Waals surface area contributed by atoms with Crippen LogP contribution in [0.4, 0.5) is 14.9 Å². The Morgan fingerprint density at radius 1 is 1.04 bits per heavy atom. The van der Waals surface area contributed by atoms with Crippen LogP contribution in [-0.4, -0.2) is 100 Å². The molecule has 0 bridgehead atoms. The molecule has 1 unspecified atom stereocenters. The van der Waals surface area contributed by atoms with Crippen molar-refractivity contribution in [2.45, 2.75) is 56.5 Å². The Balaban J connectivity index is 1.15. The minimum Gasteiger partial charge on any atom is -0.453 e. The van der Waals surface area contributed by atoms with Crippen molar-refractivity contribution in [1.29, 1.82) is 5.26 Å². The van der Waals surface area contributed by atoms with Crippen LogP contribution >= 0.6 is 0 Å². The van der Waals surface area contributed by atoms with Crippen molar-refractivity contribution >= 4 is 11.8 Å². The van der Waals surface area contributed by atoms with Crippen molar-refractivity contribution in [3.63, 3.8) is 0 Å². The number of methoxy groups -OCH3 is 1. The molecule has 2 aromatic rings. The van der Waals surface area contributed by atoms with Crippen LogP contribution in [0, 0.1) is 34.9 Å². The topological polar surface area (TPSA) is 75.1 Å². The number of nitrogens with zero attached hydrogens (tertiary/aromatic N) is 5. The lowest BCUT2D eigenvalue weighted by molar-refractivity contribution is 0.0223. The fraction of sp³-hybridized carbons (Fsp3) is 0.622. The summed E-state index contributed by atoms with van der Waals surface area (Å²) in [4.78, 5) is 22.2. The summed E-state index contributed by atoms with van der Waals surface area (Å²) < 4.78 is 20.0. The van der Waals surface area contributed by atoms with Gasteiger partial charge in [-0.2, -0.15) is 5.26 Å². The highest BCUT2D eigenvalue weighted by molar-refractivity contribution is 5.67. The van der Waals surface area contributed by atoms with E-state index < -0.39 is 0 Å². The van der Waals surface area contributed by atoms with Gasteiger partial charge in [-0.3, -0.25) is 0 Å². The first-order valence-electron chi connectivity index (χ1n) is 17.3. The van der Waals surface area contributed by atoms with Crippen molar-refractivity contribution in [3.05, 3.63) is 65.0 Å². The lowest BCUT2D eigenvalue weighted by Crippen LogP contribution is -2.60. The van der Waals surface area contributed by atoms with E-state index in [2.05, 4.69) is 49.2 Å². The van der Waals surface area contributed by atoms with Crippen LogP contribution in [-0.2, 0) is 16.7 Å². The Hall–Kier alpha value is -3.19. The Bertz CT molecular complexity index is 1390. The Morgan fingerprint density at radius 2 is 1.83 bits per heavy atom. The number of alkyl carbamates (subject to hydrolysis) is 1. The molecule has 2 aromatic carbocycles. The molecule has 3 aliphatic heterocycles. The molecule has 3 saturated heterocycles. The van der Waals surface area contributed by atoms with Crippen molar-refractivity contribution in [1.82, 2.24) is 20.0 Å². The van der Waals surface area contributed by atoms with Crippen LogP contribution in [0.15, 0.2) is 42.5 Å². The third kappa shape index (κ3) is 6.90. The first kappa shape index (κ1) is 32.7. The number of hydrogen-bond donors (Lipinski definition) is 1. The van der Waals surface area contributed by atoms with Gasteiger partial charge in [0.25, 0.3) is 0 Å². The molecule has 0 radical (unpaired) electrons. The average molecular weight is 631 g/mol. The summed E-state index contributed by atoms with van der Waals surface area (Å²) in [6.45, 7) is 9.13. The van der Waals surface area contributed by atoms with Gasteiger partial charge in [-0.25, -0.2) is 9.18 Å². The van der Waals surface area contributed by atoms with Gasteiger partial charge in [-0.1, -0.05) is 18.6 Å². The number of carbonyl (C=O) groups excluding carboxylic acids is 1. The fourth-order valence-electron chi connectivity index (χ4n) is 8.99. The average Bonchev–Trinajstić information content (AvgIpc) is 3.47. The summed E-state index contributed by atoms with van der Waals surface area (Å²) in [5.74, 6) is 1.09. The number of carbonyl (C=O) groups is 1. The molecule has 1 saturated carbocycles. The number of nitrogens with one attached hydrogen (secondary N) is 1. The molecule has 4 fully saturated rings. The molecular formula is C37H51FN6O2. The molecule has 1 amide bonds. The molecule has 8 nitrogen and oxygen atoms in total. The monoisotopic (exact) mass is 630 g/mol. The summed E-state index contributed by atoms with van der Waals surface area (Å²) >= 11 is 0. The number of halogens is 1. The van der Waals surface area contributed by atoms with Crippen LogP contribution in [0.3, 0.4) is 0 Å². The molecule has 6 rings (SSSR count). The Kier molecular flexibility index (Phi) is 10.2. The number of hydrogen-bond acceptors (Lipinski definition) is 7. The number of anilines is 1. The van der Waals surface area contributed by atoms with Gasteiger partial charge in [0.1, 0.15) is 5.82 Å². The lowest BCUT2D eigenvalue weighted by atomic mass is 9.57. The number of amides is 1. The number of benzene rings is 2. The highest BCUT2D eigenvalue weighted by Gasteiger charge is 2.53. The summed E-state index contributed by atoms with van der Waals surface area (Å²) in [5, 5.41) is 12.7. The zero-order chi connectivity index (χ0) is 32.3. The van der Waals surface area contributed by atoms with Crippen molar-refractivity contribution in [2.24, 2.45) is 17.8 Å². The number of piperidine rings is 1. The fourth-order valence-corrected chi connectivity index (χ4v) is 8.99. The van der Waals surface area contributed by atoms with E-state index in [1.807, 2.05) is 26.2 Å². The molecule has 0 aromatic heterocycles. The van der Waals surface area contributed by atoms with E-state index in [1.165, 1.54) is 19.2 Å². The molecule has 3 atom stereocenters. The minimum absolute atomic E-state index is 0.0245. The maximum Gasteiger partial charge on any atom is 0.407 e. The van der Waals surface area contributed by atoms with E-state index in [0.717, 1.165) is 108 Å². The van der Waals surface area contributed by atoms with E-state index in [4.69, 9.17) is 4.74 Å². The SMILES string of the molecule is COC(=O)N[C@H]1CCC[C@@H]1C(CN1CCC1)(c1cccc(F)c1)C1CCN(CC2CN(c3ccc(C#N)c(CN(C)C)c3)C2)CC1. The maximum atomic E-state index is 14.9. The van der Waals surface area contributed by atoms with Gasteiger partial charge in [-0.05, 0) is 126 Å². The lowest BCUT2D eigenvalue weighted by Gasteiger charge is -2.54. The van der Waals surface area contributed by atoms with Crippen LogP contribution in [0.5, 0.6) is 0 Å². The van der Waals surface area contributed by atoms with Crippen LogP contribution in [0.25, 0.3) is 0 Å². The van der Waals surface area contributed by atoms with Gasteiger partial charge < -0.3 is 29.7 Å². The van der Waals surface area contributed by atoms with E-state index in [9.17, 15) is 14.4 Å². The van der Waals surface area contributed by atoms with Gasteiger partial charge in [0.15, 0.2) is 0 Å². The summed E-state index contributed by atoms with van der Waals surface area (Å²) in [7, 11) is 5.51. The molecule has 1 N–H and O–H groups in total. The third-order valence-corrected chi connectivity index (χ3v) is 11.3.